The van der Waals surface area contributed by atoms with Gasteiger partial charge < -0.3 is 14.8 Å². The van der Waals surface area contributed by atoms with Crippen molar-refractivity contribution in [3.8, 4) is 0 Å². The fourth-order valence-electron chi connectivity index (χ4n) is 1.93. The molecule has 1 heterocycles. The number of benzene rings is 1. The molecule has 102 valence electrons. The van der Waals surface area contributed by atoms with Crippen LogP contribution in [0.3, 0.4) is 0 Å². The highest BCUT2D eigenvalue weighted by Gasteiger charge is 2.31. The number of nitrogens with two attached hydrogens (primary N) is 1. The van der Waals surface area contributed by atoms with Gasteiger partial charge in [0.05, 0.1) is 4.90 Å². The largest absolute Gasteiger partial charge is 0.550 e. The molecule has 1 atom stereocenters. The molecule has 1 fully saturated rings. The Balaban J connectivity index is 2.24. The SMILES string of the molecule is NS(=O)(=O)c1ccc(N2C[C@H](C(=O)[O-])CC2=O)cc1. The summed E-state index contributed by atoms with van der Waals surface area (Å²) in [5.74, 6) is -2.44. The first kappa shape index (κ1) is 13.5. The van der Waals surface area contributed by atoms with Crippen molar-refractivity contribution in [1.82, 2.24) is 0 Å². The molecule has 8 heteroatoms. The summed E-state index contributed by atoms with van der Waals surface area (Å²) in [5, 5.41) is 15.7. The van der Waals surface area contributed by atoms with Gasteiger partial charge in [-0.15, -0.1) is 0 Å². The lowest BCUT2D eigenvalue weighted by Crippen LogP contribution is -2.33. The standard InChI is InChI=1S/C11H12N2O5S/c12-19(17,18)9-3-1-8(2-4-9)13-6-7(11(15)16)5-10(13)14/h1-4,7H,5-6H2,(H,15,16)(H2,12,17,18)/p-1/t7-/m1/s1. The summed E-state index contributed by atoms with van der Waals surface area (Å²) in [6.45, 7) is 0.0237. The van der Waals surface area contributed by atoms with Crippen molar-refractivity contribution in [2.45, 2.75) is 11.3 Å². The van der Waals surface area contributed by atoms with Gasteiger partial charge in [0.15, 0.2) is 0 Å². The van der Waals surface area contributed by atoms with Crippen LogP contribution in [0.1, 0.15) is 6.42 Å². The molecule has 1 amide bonds. The van der Waals surface area contributed by atoms with E-state index in [1.807, 2.05) is 0 Å². The van der Waals surface area contributed by atoms with E-state index in [0.717, 1.165) is 0 Å². The van der Waals surface area contributed by atoms with Crippen molar-refractivity contribution in [3.05, 3.63) is 24.3 Å². The van der Waals surface area contributed by atoms with Crippen LogP contribution in [0, 0.1) is 5.92 Å². The van der Waals surface area contributed by atoms with Crippen LogP contribution in [0.15, 0.2) is 29.2 Å². The fourth-order valence-corrected chi connectivity index (χ4v) is 2.45. The first-order chi connectivity index (χ1) is 8.79. The average molecular weight is 283 g/mol. The molecule has 1 saturated heterocycles. The molecule has 0 bridgehead atoms. The van der Waals surface area contributed by atoms with E-state index in [4.69, 9.17) is 5.14 Å². The van der Waals surface area contributed by atoms with Gasteiger partial charge in [-0.05, 0) is 24.3 Å². The highest BCUT2D eigenvalue weighted by atomic mass is 32.2. The third-order valence-corrected chi connectivity index (χ3v) is 3.86. The van der Waals surface area contributed by atoms with E-state index < -0.39 is 21.9 Å². The van der Waals surface area contributed by atoms with E-state index >= 15 is 0 Å². The van der Waals surface area contributed by atoms with Crippen molar-refractivity contribution in [3.63, 3.8) is 0 Å². The van der Waals surface area contributed by atoms with Crippen molar-refractivity contribution < 1.29 is 23.1 Å². The molecular weight excluding hydrogens is 272 g/mol. The van der Waals surface area contributed by atoms with Crippen LogP contribution in [0.2, 0.25) is 0 Å². The minimum absolute atomic E-state index is 0.0237. The van der Waals surface area contributed by atoms with Gasteiger partial charge in [-0.1, -0.05) is 0 Å². The second-order valence-corrected chi connectivity index (χ2v) is 5.82. The molecule has 0 saturated carbocycles. The second kappa shape index (κ2) is 4.63. The van der Waals surface area contributed by atoms with Crippen LogP contribution in [0.25, 0.3) is 0 Å². The maximum atomic E-state index is 11.7. The number of anilines is 1. The van der Waals surface area contributed by atoms with E-state index in [1.165, 1.54) is 29.2 Å². The number of primary sulfonamides is 1. The van der Waals surface area contributed by atoms with Gasteiger partial charge in [-0.2, -0.15) is 0 Å². The number of carbonyl (C=O) groups is 2. The van der Waals surface area contributed by atoms with Crippen LogP contribution >= 0.6 is 0 Å². The molecule has 1 aliphatic heterocycles. The summed E-state index contributed by atoms with van der Waals surface area (Å²) in [5.41, 5.74) is 0.432. The van der Waals surface area contributed by atoms with Gasteiger partial charge in [0.25, 0.3) is 0 Å². The minimum Gasteiger partial charge on any atom is -0.550 e. The lowest BCUT2D eigenvalue weighted by molar-refractivity contribution is -0.310. The average Bonchev–Trinajstić information content (AvgIpc) is 2.70. The monoisotopic (exact) mass is 283 g/mol. The summed E-state index contributed by atoms with van der Waals surface area (Å²) in [6, 6.07) is 5.36. The third-order valence-electron chi connectivity index (χ3n) is 2.94. The minimum atomic E-state index is -3.79. The predicted octanol–water partition coefficient (Wildman–Crippen LogP) is -1.56. The van der Waals surface area contributed by atoms with Crippen molar-refractivity contribution >= 4 is 27.6 Å². The second-order valence-electron chi connectivity index (χ2n) is 4.26. The lowest BCUT2D eigenvalue weighted by Gasteiger charge is -2.17. The third kappa shape index (κ3) is 2.74. The molecular formula is C11H11N2O5S-. The van der Waals surface area contributed by atoms with Crippen molar-refractivity contribution in [2.75, 3.05) is 11.4 Å². The van der Waals surface area contributed by atoms with E-state index in [0.29, 0.717) is 5.69 Å². The molecule has 19 heavy (non-hydrogen) atoms. The summed E-state index contributed by atoms with van der Waals surface area (Å²) < 4.78 is 22.2. The molecule has 0 radical (unpaired) electrons. The lowest BCUT2D eigenvalue weighted by atomic mass is 10.1. The zero-order valence-electron chi connectivity index (χ0n) is 9.78. The number of carboxylic acid groups (broad SMARTS) is 1. The Kier molecular flexibility index (Phi) is 3.29. The molecule has 1 aromatic rings. The van der Waals surface area contributed by atoms with Crippen LogP contribution in [-0.4, -0.2) is 26.8 Å². The van der Waals surface area contributed by atoms with Crippen molar-refractivity contribution in [1.29, 1.82) is 0 Å². The summed E-state index contributed by atoms with van der Waals surface area (Å²) in [4.78, 5) is 23.6. The van der Waals surface area contributed by atoms with Crippen LogP contribution < -0.4 is 15.1 Å². The number of hydrogen-bond acceptors (Lipinski definition) is 5. The number of sulfonamides is 1. The molecule has 0 aliphatic carbocycles. The zero-order chi connectivity index (χ0) is 14.2. The number of nitrogens with zero attached hydrogens (tertiary/aromatic N) is 1. The van der Waals surface area contributed by atoms with Crippen LogP contribution in [0.4, 0.5) is 5.69 Å². The Labute approximate surface area is 109 Å². The Morgan fingerprint density at radius 3 is 2.32 bits per heavy atom. The zero-order valence-corrected chi connectivity index (χ0v) is 10.6. The molecule has 0 aromatic heterocycles. The topological polar surface area (TPSA) is 121 Å². The molecule has 0 unspecified atom stereocenters. The number of aliphatic carboxylic acids is 1. The molecule has 0 spiro atoms. The van der Waals surface area contributed by atoms with Gasteiger partial charge in [0.1, 0.15) is 0 Å². The van der Waals surface area contributed by atoms with E-state index in [-0.39, 0.29) is 23.8 Å². The maximum Gasteiger partial charge on any atom is 0.238 e. The normalized spacial score (nSPS) is 19.7. The van der Waals surface area contributed by atoms with Crippen molar-refractivity contribution in [2.24, 2.45) is 11.1 Å². The summed E-state index contributed by atoms with van der Waals surface area (Å²) in [6.07, 6.45) is -0.112. The fraction of sp³-hybridized carbons (Fsp3) is 0.273. The summed E-state index contributed by atoms with van der Waals surface area (Å²) in [7, 11) is -3.79. The smallest absolute Gasteiger partial charge is 0.238 e. The number of carbonyl (C=O) groups excluding carboxylic acids is 2. The Morgan fingerprint density at radius 1 is 1.32 bits per heavy atom. The first-order valence-corrected chi connectivity index (χ1v) is 6.98. The maximum absolute atomic E-state index is 11.7. The van der Waals surface area contributed by atoms with E-state index in [1.54, 1.807) is 0 Å². The van der Waals surface area contributed by atoms with Gasteiger partial charge in [-0.3, -0.25) is 4.79 Å². The quantitative estimate of drug-likeness (QED) is 0.719. The van der Waals surface area contributed by atoms with Gasteiger partial charge in [-0.25, -0.2) is 13.6 Å². The number of rotatable bonds is 3. The van der Waals surface area contributed by atoms with Gasteiger partial charge >= 0.3 is 0 Å². The van der Waals surface area contributed by atoms with E-state index in [9.17, 15) is 23.1 Å². The first-order valence-electron chi connectivity index (χ1n) is 5.43. The number of carboxylic acids is 1. The van der Waals surface area contributed by atoms with Crippen LogP contribution in [-0.2, 0) is 19.6 Å². The Bertz CT molecular complexity index is 623. The summed E-state index contributed by atoms with van der Waals surface area (Å²) >= 11 is 0. The molecule has 7 nitrogen and oxygen atoms in total. The Morgan fingerprint density at radius 2 is 1.89 bits per heavy atom. The van der Waals surface area contributed by atoms with Crippen LogP contribution in [0.5, 0.6) is 0 Å². The number of hydrogen-bond donors (Lipinski definition) is 1. The molecule has 2 rings (SSSR count). The van der Waals surface area contributed by atoms with E-state index in [2.05, 4.69) is 0 Å². The van der Waals surface area contributed by atoms with Gasteiger partial charge in [0.2, 0.25) is 15.9 Å². The highest BCUT2D eigenvalue weighted by Crippen LogP contribution is 2.25. The molecule has 1 aromatic carbocycles. The highest BCUT2D eigenvalue weighted by molar-refractivity contribution is 7.89. The predicted molar refractivity (Wildman–Crippen MR) is 63.3 cm³/mol. The van der Waals surface area contributed by atoms with Gasteiger partial charge in [0, 0.05) is 30.5 Å². The Hall–Kier alpha value is -1.93. The molecule has 2 N–H and O–H groups in total. The number of amides is 1. The molecule has 1 aliphatic rings.